The number of pyridine rings is 1. The van der Waals surface area contributed by atoms with Crippen LogP contribution in [0.25, 0.3) is 11.1 Å². The van der Waals surface area contributed by atoms with Gasteiger partial charge in [-0.3, -0.25) is 4.98 Å². The van der Waals surface area contributed by atoms with Gasteiger partial charge >= 0.3 is 6.03 Å². The molecule has 3 aromatic rings. The number of hydrogen-bond donors (Lipinski definition) is 2. The van der Waals surface area contributed by atoms with Crippen LogP contribution in [0.5, 0.6) is 0 Å². The molecule has 0 fully saturated rings. The van der Waals surface area contributed by atoms with Crippen molar-refractivity contribution in [1.82, 2.24) is 10.3 Å². The fraction of sp³-hybridized carbons (Fsp3) is 0.143. The summed E-state index contributed by atoms with van der Waals surface area (Å²) in [4.78, 5) is 16.4. The summed E-state index contributed by atoms with van der Waals surface area (Å²) in [6.45, 7) is 3.89. The van der Waals surface area contributed by atoms with E-state index in [1.165, 1.54) is 0 Å². The van der Waals surface area contributed by atoms with Gasteiger partial charge in [-0.2, -0.15) is 0 Å². The van der Waals surface area contributed by atoms with E-state index in [9.17, 15) is 4.79 Å². The first-order valence-electron chi connectivity index (χ1n) is 8.37. The summed E-state index contributed by atoms with van der Waals surface area (Å²) in [5.74, 6) is 0. The highest BCUT2D eigenvalue weighted by molar-refractivity contribution is 6.30. The first-order valence-corrected chi connectivity index (χ1v) is 8.75. The Morgan fingerprint density at radius 3 is 2.35 bits per heavy atom. The van der Waals surface area contributed by atoms with E-state index in [1.807, 2.05) is 74.5 Å². The van der Waals surface area contributed by atoms with Crippen LogP contribution in [0.1, 0.15) is 24.2 Å². The Labute approximate surface area is 158 Å². The largest absolute Gasteiger partial charge is 0.331 e. The van der Waals surface area contributed by atoms with Crippen LogP contribution < -0.4 is 10.6 Å². The number of halogens is 1. The highest BCUT2D eigenvalue weighted by Gasteiger charge is 2.09. The van der Waals surface area contributed by atoms with Gasteiger partial charge in [0.15, 0.2) is 0 Å². The number of nitrogens with one attached hydrogen (secondary N) is 2. The lowest BCUT2D eigenvalue weighted by Crippen LogP contribution is -2.31. The second-order valence-corrected chi connectivity index (χ2v) is 6.57. The van der Waals surface area contributed by atoms with Gasteiger partial charge in [0.05, 0.1) is 6.04 Å². The smallest absolute Gasteiger partial charge is 0.319 e. The molecule has 4 nitrogen and oxygen atoms in total. The van der Waals surface area contributed by atoms with E-state index in [0.29, 0.717) is 5.02 Å². The second-order valence-electron chi connectivity index (χ2n) is 6.13. The molecule has 26 heavy (non-hydrogen) atoms. The molecule has 0 aliphatic carbocycles. The zero-order chi connectivity index (χ0) is 18.5. The van der Waals surface area contributed by atoms with Crippen LogP contribution >= 0.6 is 11.6 Å². The number of anilines is 1. The number of nitrogens with zero attached hydrogens (tertiary/aromatic N) is 1. The first kappa shape index (κ1) is 18.0. The van der Waals surface area contributed by atoms with Crippen molar-refractivity contribution in [3.8, 4) is 11.1 Å². The molecule has 2 amide bonds. The average Bonchev–Trinajstić information content (AvgIpc) is 2.62. The Morgan fingerprint density at radius 1 is 1.00 bits per heavy atom. The molecule has 3 rings (SSSR count). The number of urea groups is 1. The van der Waals surface area contributed by atoms with E-state index in [0.717, 1.165) is 28.1 Å². The molecule has 0 saturated heterocycles. The van der Waals surface area contributed by atoms with Gasteiger partial charge in [0, 0.05) is 22.6 Å². The molecule has 0 spiro atoms. The summed E-state index contributed by atoms with van der Waals surface area (Å²) in [6.07, 6.45) is 1.79. The molecular weight excluding hydrogens is 346 g/mol. The Bertz CT molecular complexity index is 892. The van der Waals surface area contributed by atoms with Gasteiger partial charge in [-0.15, -0.1) is 0 Å². The summed E-state index contributed by atoms with van der Waals surface area (Å²) in [7, 11) is 0. The van der Waals surface area contributed by atoms with Crippen molar-refractivity contribution in [1.29, 1.82) is 0 Å². The van der Waals surface area contributed by atoms with Gasteiger partial charge in [-0.25, -0.2) is 4.79 Å². The molecule has 1 unspecified atom stereocenters. The number of rotatable bonds is 4. The average molecular weight is 366 g/mol. The number of aryl methyl sites for hydroxylation is 1. The van der Waals surface area contributed by atoms with E-state index in [2.05, 4.69) is 15.6 Å². The molecule has 2 aromatic carbocycles. The van der Waals surface area contributed by atoms with E-state index >= 15 is 0 Å². The molecule has 0 radical (unpaired) electrons. The van der Waals surface area contributed by atoms with Crippen molar-refractivity contribution >= 4 is 23.3 Å². The third kappa shape index (κ3) is 4.61. The Kier molecular flexibility index (Phi) is 5.54. The Balaban J connectivity index is 1.61. The van der Waals surface area contributed by atoms with E-state index in [1.54, 1.807) is 6.20 Å². The Hall–Kier alpha value is -2.85. The van der Waals surface area contributed by atoms with Gasteiger partial charge in [0.25, 0.3) is 0 Å². The van der Waals surface area contributed by atoms with E-state index in [4.69, 9.17) is 11.6 Å². The normalized spacial score (nSPS) is 11.7. The van der Waals surface area contributed by atoms with Crippen molar-refractivity contribution in [2.24, 2.45) is 0 Å². The third-order valence-corrected chi connectivity index (χ3v) is 4.34. The van der Waals surface area contributed by atoms with Crippen LogP contribution in [0.2, 0.25) is 5.02 Å². The van der Waals surface area contributed by atoms with Crippen molar-refractivity contribution in [3.05, 3.63) is 83.1 Å². The molecule has 132 valence electrons. The van der Waals surface area contributed by atoms with Crippen LogP contribution in [-0.2, 0) is 0 Å². The topological polar surface area (TPSA) is 54.0 Å². The Morgan fingerprint density at radius 2 is 1.69 bits per heavy atom. The fourth-order valence-electron chi connectivity index (χ4n) is 2.67. The van der Waals surface area contributed by atoms with Gasteiger partial charge < -0.3 is 10.6 Å². The minimum atomic E-state index is -0.250. The van der Waals surface area contributed by atoms with Crippen molar-refractivity contribution in [3.63, 3.8) is 0 Å². The van der Waals surface area contributed by atoms with E-state index < -0.39 is 0 Å². The first-order chi connectivity index (χ1) is 12.5. The number of amides is 2. The minimum Gasteiger partial charge on any atom is -0.331 e. The number of hydrogen-bond acceptors (Lipinski definition) is 2. The lowest BCUT2D eigenvalue weighted by Gasteiger charge is -2.15. The standard InChI is InChI=1S/C21H20ClN3O/c1-14-13-18(11-12-23-14)17-5-9-20(10-6-17)25-21(26)24-15(2)16-3-7-19(22)8-4-16/h3-13,15H,1-2H3,(H2,24,25,26). The van der Waals surface area contributed by atoms with Crippen molar-refractivity contribution in [2.45, 2.75) is 19.9 Å². The van der Waals surface area contributed by atoms with Crippen LogP contribution in [-0.4, -0.2) is 11.0 Å². The molecule has 0 saturated carbocycles. The van der Waals surface area contributed by atoms with Crippen molar-refractivity contribution in [2.75, 3.05) is 5.32 Å². The van der Waals surface area contributed by atoms with Crippen LogP contribution in [0.4, 0.5) is 10.5 Å². The maximum atomic E-state index is 12.2. The monoisotopic (exact) mass is 365 g/mol. The van der Waals surface area contributed by atoms with Crippen LogP contribution in [0.15, 0.2) is 66.9 Å². The third-order valence-electron chi connectivity index (χ3n) is 4.09. The van der Waals surface area contributed by atoms with Crippen LogP contribution in [0.3, 0.4) is 0 Å². The van der Waals surface area contributed by atoms with Gasteiger partial charge in [-0.05, 0) is 66.9 Å². The molecule has 0 aliphatic rings. The summed E-state index contributed by atoms with van der Waals surface area (Å²) >= 11 is 5.89. The van der Waals surface area contributed by atoms with Gasteiger partial charge in [0.1, 0.15) is 0 Å². The molecular formula is C21H20ClN3O. The molecule has 5 heteroatoms. The minimum absolute atomic E-state index is 0.119. The predicted octanol–water partition coefficient (Wildman–Crippen LogP) is 5.59. The molecule has 2 N–H and O–H groups in total. The van der Waals surface area contributed by atoms with Crippen molar-refractivity contribution < 1.29 is 4.79 Å². The van der Waals surface area contributed by atoms with E-state index in [-0.39, 0.29) is 12.1 Å². The maximum Gasteiger partial charge on any atom is 0.319 e. The molecule has 1 aromatic heterocycles. The lowest BCUT2D eigenvalue weighted by molar-refractivity contribution is 0.249. The molecule has 1 heterocycles. The van der Waals surface area contributed by atoms with Crippen LogP contribution in [0, 0.1) is 6.92 Å². The highest BCUT2D eigenvalue weighted by atomic mass is 35.5. The van der Waals surface area contributed by atoms with Gasteiger partial charge in [0.2, 0.25) is 0 Å². The quantitative estimate of drug-likeness (QED) is 0.632. The van der Waals surface area contributed by atoms with Gasteiger partial charge in [-0.1, -0.05) is 35.9 Å². The summed E-state index contributed by atoms with van der Waals surface area (Å²) in [6, 6.07) is 18.8. The molecule has 0 aliphatic heterocycles. The maximum absolute atomic E-state index is 12.2. The summed E-state index contributed by atoms with van der Waals surface area (Å²) in [5.41, 5.74) is 4.88. The summed E-state index contributed by atoms with van der Waals surface area (Å²) in [5, 5.41) is 6.45. The lowest BCUT2D eigenvalue weighted by atomic mass is 10.1. The zero-order valence-electron chi connectivity index (χ0n) is 14.7. The zero-order valence-corrected chi connectivity index (χ0v) is 15.4. The predicted molar refractivity (Wildman–Crippen MR) is 106 cm³/mol. The second kappa shape index (κ2) is 8.02. The number of carbonyl (C=O) groups is 1. The highest BCUT2D eigenvalue weighted by Crippen LogP contribution is 2.22. The number of carbonyl (C=O) groups excluding carboxylic acids is 1. The fourth-order valence-corrected chi connectivity index (χ4v) is 2.80. The molecule has 1 atom stereocenters. The number of aromatic nitrogens is 1. The SMILES string of the molecule is Cc1cc(-c2ccc(NC(=O)NC(C)c3ccc(Cl)cc3)cc2)ccn1. The summed E-state index contributed by atoms with van der Waals surface area (Å²) < 4.78 is 0. The molecule has 0 bridgehead atoms. The number of benzene rings is 2.